The van der Waals surface area contributed by atoms with Gasteiger partial charge in [-0.05, 0) is 58.2 Å². The number of amides is 1. The van der Waals surface area contributed by atoms with Gasteiger partial charge in [-0.2, -0.15) is 0 Å². The maximum Gasteiger partial charge on any atom is 0.339 e. The van der Waals surface area contributed by atoms with Crippen molar-refractivity contribution in [3.05, 3.63) is 23.8 Å². The van der Waals surface area contributed by atoms with Crippen molar-refractivity contribution in [3.8, 4) is 11.5 Å². The molecule has 1 atom stereocenters. The topological polar surface area (TPSA) is 73.9 Å². The molecule has 1 aromatic rings. The number of rotatable bonds is 8. The Morgan fingerprint density at radius 2 is 1.77 bits per heavy atom. The monoisotopic (exact) mass is 365 g/mol. The van der Waals surface area contributed by atoms with Gasteiger partial charge < -0.3 is 19.5 Å². The Kier molecular flexibility index (Phi) is 7.93. The molecule has 1 amide bonds. The van der Waals surface area contributed by atoms with Crippen molar-refractivity contribution in [2.24, 2.45) is 5.92 Å². The molecule has 0 spiro atoms. The summed E-state index contributed by atoms with van der Waals surface area (Å²) in [5.74, 6) is 0.634. The highest BCUT2D eigenvalue weighted by Gasteiger charge is 2.23. The first-order chi connectivity index (χ1) is 12.0. The normalized spacial score (nSPS) is 12.5. The van der Waals surface area contributed by atoms with Gasteiger partial charge in [-0.1, -0.05) is 13.8 Å². The molecule has 0 aromatic heterocycles. The molecule has 0 heterocycles. The fraction of sp³-hybridized carbons (Fsp3) is 0.600. The summed E-state index contributed by atoms with van der Waals surface area (Å²) >= 11 is 0. The van der Waals surface area contributed by atoms with Gasteiger partial charge in [0.1, 0.15) is 0 Å². The molecule has 0 saturated carbocycles. The maximum absolute atomic E-state index is 12.3. The third kappa shape index (κ3) is 7.33. The van der Waals surface area contributed by atoms with Crippen LogP contribution in [-0.4, -0.2) is 37.2 Å². The van der Waals surface area contributed by atoms with Gasteiger partial charge in [0.15, 0.2) is 17.6 Å². The summed E-state index contributed by atoms with van der Waals surface area (Å²) in [5.41, 5.74) is -0.0934. The Labute approximate surface area is 156 Å². The van der Waals surface area contributed by atoms with Gasteiger partial charge in [-0.3, -0.25) is 4.79 Å². The fourth-order valence-corrected chi connectivity index (χ4v) is 2.07. The molecule has 0 aliphatic rings. The van der Waals surface area contributed by atoms with Crippen molar-refractivity contribution in [1.82, 2.24) is 5.32 Å². The number of carbonyl (C=O) groups is 2. The van der Waals surface area contributed by atoms with E-state index < -0.39 is 17.6 Å². The molecule has 26 heavy (non-hydrogen) atoms. The van der Waals surface area contributed by atoms with Crippen LogP contribution in [0.1, 0.15) is 58.3 Å². The molecule has 1 rings (SSSR count). The van der Waals surface area contributed by atoms with Crippen molar-refractivity contribution < 1.29 is 23.8 Å². The van der Waals surface area contributed by atoms with E-state index in [2.05, 4.69) is 19.2 Å². The third-order valence-electron chi connectivity index (χ3n) is 3.50. The molecule has 6 nitrogen and oxygen atoms in total. The van der Waals surface area contributed by atoms with Crippen LogP contribution in [-0.2, 0) is 9.53 Å². The van der Waals surface area contributed by atoms with Gasteiger partial charge in [0, 0.05) is 5.54 Å². The molecule has 1 aromatic carbocycles. The second-order valence-corrected chi connectivity index (χ2v) is 7.68. The second kappa shape index (κ2) is 9.46. The van der Waals surface area contributed by atoms with E-state index in [1.807, 2.05) is 20.8 Å². The average Bonchev–Trinajstić information content (AvgIpc) is 2.52. The molecular weight excluding hydrogens is 334 g/mol. The zero-order valence-electron chi connectivity index (χ0n) is 16.8. The number of hydrogen-bond donors (Lipinski definition) is 1. The third-order valence-corrected chi connectivity index (χ3v) is 3.50. The van der Waals surface area contributed by atoms with E-state index in [0.717, 1.165) is 6.42 Å². The van der Waals surface area contributed by atoms with Crippen molar-refractivity contribution in [3.63, 3.8) is 0 Å². The predicted octanol–water partition coefficient (Wildman–Crippen LogP) is 3.58. The van der Waals surface area contributed by atoms with Crippen LogP contribution < -0.4 is 14.8 Å². The van der Waals surface area contributed by atoms with Crippen LogP contribution in [0.2, 0.25) is 0 Å². The van der Waals surface area contributed by atoms with E-state index >= 15 is 0 Å². The van der Waals surface area contributed by atoms with Crippen LogP contribution in [0.3, 0.4) is 0 Å². The van der Waals surface area contributed by atoms with Crippen LogP contribution in [0.4, 0.5) is 0 Å². The molecule has 146 valence electrons. The van der Waals surface area contributed by atoms with Crippen molar-refractivity contribution in [1.29, 1.82) is 0 Å². The summed E-state index contributed by atoms with van der Waals surface area (Å²) < 4.78 is 16.3. The van der Waals surface area contributed by atoms with Crippen molar-refractivity contribution in [2.75, 3.05) is 13.7 Å². The lowest BCUT2D eigenvalue weighted by Crippen LogP contribution is -2.46. The van der Waals surface area contributed by atoms with Crippen LogP contribution in [0.25, 0.3) is 0 Å². The van der Waals surface area contributed by atoms with E-state index in [4.69, 9.17) is 14.2 Å². The van der Waals surface area contributed by atoms with Crippen molar-refractivity contribution >= 4 is 11.9 Å². The quantitative estimate of drug-likeness (QED) is 0.713. The lowest BCUT2D eigenvalue weighted by atomic mass is 10.1. The highest BCUT2D eigenvalue weighted by molar-refractivity contribution is 5.93. The first kappa shape index (κ1) is 21.8. The first-order valence-corrected chi connectivity index (χ1v) is 8.87. The average molecular weight is 365 g/mol. The minimum absolute atomic E-state index is 0.300. The van der Waals surface area contributed by atoms with Gasteiger partial charge in [0.2, 0.25) is 0 Å². The number of hydrogen-bond acceptors (Lipinski definition) is 5. The number of ether oxygens (including phenoxy) is 3. The van der Waals surface area contributed by atoms with E-state index in [0.29, 0.717) is 29.6 Å². The molecule has 0 fully saturated rings. The van der Waals surface area contributed by atoms with Gasteiger partial charge >= 0.3 is 5.97 Å². The van der Waals surface area contributed by atoms with Gasteiger partial charge in [0.05, 0.1) is 19.3 Å². The Morgan fingerprint density at radius 3 is 2.31 bits per heavy atom. The van der Waals surface area contributed by atoms with Crippen molar-refractivity contribution in [2.45, 2.75) is 59.6 Å². The summed E-state index contributed by atoms with van der Waals surface area (Å²) in [6, 6.07) is 4.83. The minimum atomic E-state index is -0.894. The zero-order valence-corrected chi connectivity index (χ0v) is 16.8. The van der Waals surface area contributed by atoms with Gasteiger partial charge in [-0.25, -0.2) is 4.79 Å². The SMILES string of the molecule is COc1cc(C(=O)OC(C)C(=O)NC(C)(C)C)ccc1OCCC(C)C. The molecule has 0 radical (unpaired) electrons. The Hall–Kier alpha value is -2.24. The second-order valence-electron chi connectivity index (χ2n) is 7.68. The van der Waals surface area contributed by atoms with Crippen LogP contribution >= 0.6 is 0 Å². The minimum Gasteiger partial charge on any atom is -0.493 e. The van der Waals surface area contributed by atoms with Crippen LogP contribution in [0, 0.1) is 5.92 Å². The predicted molar refractivity (Wildman–Crippen MR) is 101 cm³/mol. The van der Waals surface area contributed by atoms with Crippen LogP contribution in [0.5, 0.6) is 11.5 Å². The first-order valence-electron chi connectivity index (χ1n) is 8.87. The molecule has 0 bridgehead atoms. The number of esters is 1. The Morgan fingerprint density at radius 1 is 1.12 bits per heavy atom. The molecule has 6 heteroatoms. The number of methoxy groups -OCH3 is 1. The summed E-state index contributed by atoms with van der Waals surface area (Å²) in [5, 5.41) is 2.78. The summed E-state index contributed by atoms with van der Waals surface area (Å²) in [6.07, 6.45) is 0.0302. The standard InChI is InChI=1S/C20H31NO5/c1-13(2)10-11-25-16-9-8-15(12-17(16)24-7)19(23)26-14(3)18(22)21-20(4,5)6/h8-9,12-14H,10-11H2,1-7H3,(H,21,22). The largest absolute Gasteiger partial charge is 0.493 e. The Balaban J connectivity index is 2.76. The number of benzene rings is 1. The van der Waals surface area contributed by atoms with E-state index in [1.54, 1.807) is 25.1 Å². The van der Waals surface area contributed by atoms with Gasteiger partial charge in [0.25, 0.3) is 5.91 Å². The highest BCUT2D eigenvalue weighted by atomic mass is 16.5. The zero-order chi connectivity index (χ0) is 19.9. The molecule has 0 aliphatic carbocycles. The van der Waals surface area contributed by atoms with E-state index in [1.165, 1.54) is 7.11 Å². The Bertz CT molecular complexity index is 619. The lowest BCUT2D eigenvalue weighted by molar-refractivity contribution is -0.130. The number of carbonyl (C=O) groups excluding carboxylic acids is 2. The molecule has 1 N–H and O–H groups in total. The molecule has 0 saturated heterocycles. The summed E-state index contributed by atoms with van der Waals surface area (Å²) in [7, 11) is 1.51. The fourth-order valence-electron chi connectivity index (χ4n) is 2.07. The molecule has 0 aliphatic heterocycles. The van der Waals surface area contributed by atoms with E-state index in [9.17, 15) is 9.59 Å². The maximum atomic E-state index is 12.3. The van der Waals surface area contributed by atoms with Gasteiger partial charge in [-0.15, -0.1) is 0 Å². The smallest absolute Gasteiger partial charge is 0.339 e. The summed E-state index contributed by atoms with van der Waals surface area (Å²) in [6.45, 7) is 11.9. The van der Waals surface area contributed by atoms with E-state index in [-0.39, 0.29) is 5.91 Å². The lowest BCUT2D eigenvalue weighted by Gasteiger charge is -2.23. The molecule has 1 unspecified atom stereocenters. The molecular formula is C20H31NO5. The summed E-state index contributed by atoms with van der Waals surface area (Å²) in [4.78, 5) is 24.4. The van der Waals surface area contributed by atoms with Crippen LogP contribution in [0.15, 0.2) is 18.2 Å². The highest BCUT2D eigenvalue weighted by Crippen LogP contribution is 2.29. The number of nitrogens with one attached hydrogen (secondary N) is 1.